The van der Waals surface area contributed by atoms with Gasteiger partial charge in [-0.1, -0.05) is 0 Å². The number of carbonyl (C=O) groups excluding carboxylic acids is 1. The molecule has 1 amide bonds. The quantitative estimate of drug-likeness (QED) is 0.857. The number of anilines is 1. The van der Waals surface area contributed by atoms with Gasteiger partial charge in [0, 0.05) is 38.3 Å². The number of piperazine rings is 1. The zero-order valence-electron chi connectivity index (χ0n) is 11.6. The van der Waals surface area contributed by atoms with Crippen molar-refractivity contribution in [1.29, 1.82) is 0 Å². The molecule has 0 aliphatic carbocycles. The first kappa shape index (κ1) is 15.0. The van der Waals surface area contributed by atoms with E-state index in [1.54, 1.807) is 12.1 Å². The monoisotopic (exact) mass is 297 g/mol. The van der Waals surface area contributed by atoms with E-state index in [2.05, 4.69) is 10.6 Å². The molecule has 0 aromatic heterocycles. The molecule has 1 heterocycles. The minimum atomic E-state index is -3.46. The summed E-state index contributed by atoms with van der Waals surface area (Å²) in [5.74, 6) is -0.184. The fraction of sp³-hybridized carbons (Fsp3) is 0.462. The van der Waals surface area contributed by atoms with Gasteiger partial charge in [-0.05, 0) is 31.2 Å². The largest absolute Gasteiger partial charge is 0.326 e. The summed E-state index contributed by atoms with van der Waals surface area (Å²) in [6.07, 6.45) is 0. The van der Waals surface area contributed by atoms with Gasteiger partial charge in [0.25, 0.3) is 0 Å². The van der Waals surface area contributed by atoms with Crippen molar-refractivity contribution in [3.05, 3.63) is 24.3 Å². The first-order valence-corrected chi connectivity index (χ1v) is 7.95. The van der Waals surface area contributed by atoms with E-state index in [9.17, 15) is 13.2 Å². The van der Waals surface area contributed by atoms with Gasteiger partial charge in [-0.15, -0.1) is 0 Å². The Hall–Kier alpha value is -1.44. The van der Waals surface area contributed by atoms with Crippen LogP contribution in [0.15, 0.2) is 29.2 Å². The highest BCUT2D eigenvalue weighted by molar-refractivity contribution is 7.89. The second kappa shape index (κ2) is 5.90. The third-order valence-corrected chi connectivity index (χ3v) is 5.02. The van der Waals surface area contributed by atoms with Gasteiger partial charge in [0.1, 0.15) is 0 Å². The Kier molecular flexibility index (Phi) is 4.42. The van der Waals surface area contributed by atoms with Crippen molar-refractivity contribution in [1.82, 2.24) is 9.62 Å². The number of amides is 1. The number of hydrogen-bond acceptors (Lipinski definition) is 4. The van der Waals surface area contributed by atoms with E-state index in [4.69, 9.17) is 0 Å². The van der Waals surface area contributed by atoms with Crippen LogP contribution in [-0.4, -0.2) is 44.3 Å². The van der Waals surface area contributed by atoms with Gasteiger partial charge in [0.2, 0.25) is 15.9 Å². The maximum Gasteiger partial charge on any atom is 0.243 e. The highest BCUT2D eigenvalue weighted by atomic mass is 32.2. The Morgan fingerprint density at radius 1 is 1.35 bits per heavy atom. The maximum atomic E-state index is 12.5. The number of benzene rings is 1. The summed E-state index contributed by atoms with van der Waals surface area (Å²) in [7, 11) is -3.46. The van der Waals surface area contributed by atoms with Crippen molar-refractivity contribution in [2.45, 2.75) is 24.8 Å². The first-order valence-electron chi connectivity index (χ1n) is 6.51. The van der Waals surface area contributed by atoms with E-state index < -0.39 is 10.0 Å². The molecule has 6 nitrogen and oxygen atoms in total. The second-order valence-corrected chi connectivity index (χ2v) is 6.86. The summed E-state index contributed by atoms with van der Waals surface area (Å²) in [6, 6.07) is 6.39. The molecule has 1 aliphatic heterocycles. The molecule has 1 fully saturated rings. The summed E-state index contributed by atoms with van der Waals surface area (Å²) >= 11 is 0. The summed E-state index contributed by atoms with van der Waals surface area (Å²) in [4.78, 5) is 11.2. The lowest BCUT2D eigenvalue weighted by Crippen LogP contribution is -2.51. The average Bonchev–Trinajstić information content (AvgIpc) is 2.38. The first-order chi connectivity index (χ1) is 9.39. The molecule has 0 radical (unpaired) electrons. The molecule has 20 heavy (non-hydrogen) atoms. The SMILES string of the molecule is CC(=O)Nc1ccc(S(=O)(=O)N2CCN[C@@H](C)C2)cc1. The van der Waals surface area contributed by atoms with Crippen LogP contribution in [-0.2, 0) is 14.8 Å². The Bertz CT molecular complexity index is 583. The molecule has 1 aromatic carbocycles. The third-order valence-electron chi connectivity index (χ3n) is 3.14. The lowest BCUT2D eigenvalue weighted by Gasteiger charge is -2.31. The fourth-order valence-electron chi connectivity index (χ4n) is 2.18. The van der Waals surface area contributed by atoms with Crippen molar-refractivity contribution in [2.24, 2.45) is 0 Å². The van der Waals surface area contributed by atoms with Gasteiger partial charge in [-0.2, -0.15) is 4.31 Å². The van der Waals surface area contributed by atoms with Crippen LogP contribution in [0.4, 0.5) is 5.69 Å². The topological polar surface area (TPSA) is 78.5 Å². The van der Waals surface area contributed by atoms with Gasteiger partial charge in [0.05, 0.1) is 4.90 Å². The number of rotatable bonds is 3. The van der Waals surface area contributed by atoms with E-state index in [-0.39, 0.29) is 16.8 Å². The molecule has 0 saturated carbocycles. The third kappa shape index (κ3) is 3.36. The molecule has 0 bridgehead atoms. The molecule has 7 heteroatoms. The van der Waals surface area contributed by atoms with Crippen LogP contribution >= 0.6 is 0 Å². The van der Waals surface area contributed by atoms with Gasteiger partial charge in [-0.25, -0.2) is 8.42 Å². The van der Waals surface area contributed by atoms with Gasteiger partial charge >= 0.3 is 0 Å². The van der Waals surface area contributed by atoms with Crippen molar-refractivity contribution in [3.63, 3.8) is 0 Å². The predicted octanol–water partition coefficient (Wildman–Crippen LogP) is 0.627. The van der Waals surface area contributed by atoms with Gasteiger partial charge in [-0.3, -0.25) is 4.79 Å². The van der Waals surface area contributed by atoms with Crippen LogP contribution in [0, 0.1) is 0 Å². The number of sulfonamides is 1. The van der Waals surface area contributed by atoms with Crippen LogP contribution in [0.1, 0.15) is 13.8 Å². The van der Waals surface area contributed by atoms with Crippen LogP contribution < -0.4 is 10.6 Å². The summed E-state index contributed by atoms with van der Waals surface area (Å²) < 4.78 is 26.4. The molecule has 0 spiro atoms. The second-order valence-electron chi connectivity index (χ2n) is 4.92. The smallest absolute Gasteiger partial charge is 0.243 e. The van der Waals surface area contributed by atoms with Crippen molar-refractivity contribution in [2.75, 3.05) is 25.0 Å². The van der Waals surface area contributed by atoms with E-state index in [1.807, 2.05) is 6.92 Å². The average molecular weight is 297 g/mol. The Morgan fingerprint density at radius 2 is 2.00 bits per heavy atom. The summed E-state index contributed by atoms with van der Waals surface area (Å²) in [5.41, 5.74) is 0.588. The minimum absolute atomic E-state index is 0.150. The van der Waals surface area contributed by atoms with Crippen molar-refractivity contribution < 1.29 is 13.2 Å². The van der Waals surface area contributed by atoms with E-state index in [0.717, 1.165) is 0 Å². The fourth-order valence-corrected chi connectivity index (χ4v) is 3.71. The Labute approximate surface area is 119 Å². The normalized spacial score (nSPS) is 20.6. The molecular weight excluding hydrogens is 278 g/mol. The zero-order valence-corrected chi connectivity index (χ0v) is 12.4. The van der Waals surface area contributed by atoms with Gasteiger partial charge in [0.15, 0.2) is 0 Å². The summed E-state index contributed by atoms with van der Waals surface area (Å²) in [6.45, 7) is 4.97. The molecule has 0 unspecified atom stereocenters. The highest BCUT2D eigenvalue weighted by Gasteiger charge is 2.28. The number of nitrogens with zero attached hydrogens (tertiary/aromatic N) is 1. The molecule has 1 atom stereocenters. The molecule has 1 aliphatic rings. The van der Waals surface area contributed by atoms with E-state index in [1.165, 1.54) is 23.4 Å². The molecule has 2 N–H and O–H groups in total. The van der Waals surface area contributed by atoms with Crippen LogP contribution in [0.25, 0.3) is 0 Å². The van der Waals surface area contributed by atoms with Crippen LogP contribution in [0.2, 0.25) is 0 Å². The summed E-state index contributed by atoms with van der Waals surface area (Å²) in [5, 5.41) is 5.83. The lowest BCUT2D eigenvalue weighted by atomic mass is 10.3. The molecule has 2 rings (SSSR count). The number of carbonyl (C=O) groups is 1. The standard InChI is InChI=1S/C13H19N3O3S/c1-10-9-16(8-7-14-10)20(18,19)13-5-3-12(4-6-13)15-11(2)17/h3-6,10,14H,7-9H2,1-2H3,(H,15,17)/t10-/m0/s1. The van der Waals surface area contributed by atoms with Gasteiger partial charge < -0.3 is 10.6 Å². The van der Waals surface area contributed by atoms with Crippen molar-refractivity contribution >= 4 is 21.6 Å². The number of nitrogens with one attached hydrogen (secondary N) is 2. The van der Waals surface area contributed by atoms with E-state index in [0.29, 0.717) is 25.3 Å². The lowest BCUT2D eigenvalue weighted by molar-refractivity contribution is -0.114. The molecular formula is C13H19N3O3S. The molecule has 110 valence electrons. The Morgan fingerprint density at radius 3 is 2.55 bits per heavy atom. The zero-order chi connectivity index (χ0) is 14.8. The highest BCUT2D eigenvalue weighted by Crippen LogP contribution is 2.19. The maximum absolute atomic E-state index is 12.5. The van der Waals surface area contributed by atoms with Crippen molar-refractivity contribution in [3.8, 4) is 0 Å². The molecule has 1 saturated heterocycles. The minimum Gasteiger partial charge on any atom is -0.326 e. The van der Waals surface area contributed by atoms with Crippen LogP contribution in [0.3, 0.4) is 0 Å². The number of hydrogen-bond donors (Lipinski definition) is 2. The Balaban J connectivity index is 2.19. The molecule has 1 aromatic rings. The predicted molar refractivity (Wildman–Crippen MR) is 77.0 cm³/mol. The van der Waals surface area contributed by atoms with E-state index >= 15 is 0 Å². The van der Waals surface area contributed by atoms with Crippen LogP contribution in [0.5, 0.6) is 0 Å².